The number of nitrogens with zero attached hydrogens (tertiary/aromatic N) is 1. The van der Waals surface area contributed by atoms with E-state index in [0.717, 1.165) is 0 Å². The van der Waals surface area contributed by atoms with Crippen molar-refractivity contribution in [1.82, 2.24) is 0 Å². The van der Waals surface area contributed by atoms with Gasteiger partial charge < -0.3 is 14.3 Å². The number of furan rings is 1. The highest BCUT2D eigenvalue weighted by molar-refractivity contribution is 5.86. The topological polar surface area (TPSA) is 66.4 Å². The summed E-state index contributed by atoms with van der Waals surface area (Å²) in [5.74, 6) is -0.0708. The normalized spacial score (nSPS) is 10.5. The summed E-state index contributed by atoms with van der Waals surface area (Å²) < 4.78 is 24.4. The highest BCUT2D eigenvalue weighted by Crippen LogP contribution is 2.36. The Bertz CT molecular complexity index is 848. The summed E-state index contributed by atoms with van der Waals surface area (Å²) >= 11 is 0. The number of aliphatic hydroxyl groups is 1. The van der Waals surface area contributed by atoms with Crippen molar-refractivity contribution in [2.45, 2.75) is 6.61 Å². The van der Waals surface area contributed by atoms with E-state index in [-0.39, 0.29) is 23.9 Å². The van der Waals surface area contributed by atoms with Gasteiger partial charge in [0.1, 0.15) is 23.2 Å². The molecule has 5 heteroatoms. The van der Waals surface area contributed by atoms with Crippen LogP contribution in [0.1, 0.15) is 11.3 Å². The molecule has 0 aliphatic heterocycles. The molecule has 0 spiro atoms. The fraction of sp³-hybridized carbons (Fsp3) is 0.0625. The van der Waals surface area contributed by atoms with E-state index < -0.39 is 5.82 Å². The Morgan fingerprint density at radius 1 is 1.24 bits per heavy atom. The molecule has 0 unspecified atom stereocenters. The summed E-state index contributed by atoms with van der Waals surface area (Å²) in [6.45, 7) is -0.300. The lowest BCUT2D eigenvalue weighted by Crippen LogP contribution is -1.90. The van der Waals surface area contributed by atoms with Crippen molar-refractivity contribution in [2.24, 2.45) is 0 Å². The first-order valence-electron chi connectivity index (χ1n) is 6.21. The van der Waals surface area contributed by atoms with Gasteiger partial charge in [-0.3, -0.25) is 0 Å². The predicted octanol–water partition coefficient (Wildman–Crippen LogP) is 3.73. The lowest BCUT2D eigenvalue weighted by molar-refractivity contribution is 0.280. The predicted molar refractivity (Wildman–Crippen MR) is 73.3 cm³/mol. The summed E-state index contributed by atoms with van der Waals surface area (Å²) in [5.41, 5.74) is 0.902. The molecule has 1 N–H and O–H groups in total. The van der Waals surface area contributed by atoms with Crippen LogP contribution in [0.25, 0.3) is 11.0 Å². The number of aliphatic hydroxyl groups excluding tert-OH is 1. The van der Waals surface area contributed by atoms with E-state index in [0.29, 0.717) is 16.5 Å². The lowest BCUT2D eigenvalue weighted by atomic mass is 10.2. The fourth-order valence-electron chi connectivity index (χ4n) is 2.09. The fourth-order valence-corrected chi connectivity index (χ4v) is 2.09. The van der Waals surface area contributed by atoms with Crippen molar-refractivity contribution >= 4 is 11.0 Å². The summed E-state index contributed by atoms with van der Waals surface area (Å²) in [6.07, 6.45) is 0. The average Bonchev–Trinajstić information content (AvgIpc) is 2.85. The maximum atomic E-state index is 13.5. The van der Waals surface area contributed by atoms with Crippen LogP contribution in [0.5, 0.6) is 11.5 Å². The van der Waals surface area contributed by atoms with E-state index in [9.17, 15) is 4.39 Å². The number of ether oxygens (including phenoxy) is 1. The monoisotopic (exact) mass is 283 g/mol. The number of hydrogen-bond acceptors (Lipinski definition) is 4. The van der Waals surface area contributed by atoms with Gasteiger partial charge in [-0.25, -0.2) is 4.39 Å². The minimum absolute atomic E-state index is 0.0195. The van der Waals surface area contributed by atoms with Gasteiger partial charge in [0.15, 0.2) is 5.75 Å². The third kappa shape index (κ3) is 2.45. The maximum Gasteiger partial charge on any atom is 0.247 e. The molecule has 0 saturated carbocycles. The molecule has 0 radical (unpaired) electrons. The van der Waals surface area contributed by atoms with Gasteiger partial charge >= 0.3 is 0 Å². The van der Waals surface area contributed by atoms with Crippen LogP contribution in [0.4, 0.5) is 4.39 Å². The number of benzene rings is 2. The van der Waals surface area contributed by atoms with Crippen LogP contribution < -0.4 is 4.74 Å². The van der Waals surface area contributed by atoms with Crippen molar-refractivity contribution in [3.63, 3.8) is 0 Å². The molecular formula is C16H10FNO3. The largest absolute Gasteiger partial charge is 0.452 e. The first-order chi connectivity index (χ1) is 10.2. The molecule has 1 aromatic heterocycles. The van der Waals surface area contributed by atoms with E-state index >= 15 is 0 Å². The quantitative estimate of drug-likeness (QED) is 0.795. The second-order valence-corrected chi connectivity index (χ2v) is 4.42. The number of nitriles is 1. The lowest BCUT2D eigenvalue weighted by Gasteiger charge is -2.06. The van der Waals surface area contributed by atoms with E-state index in [1.165, 1.54) is 18.2 Å². The minimum atomic E-state index is -0.525. The van der Waals surface area contributed by atoms with Crippen molar-refractivity contribution in [3.8, 4) is 17.6 Å². The molecule has 0 aliphatic rings. The molecule has 0 saturated heterocycles. The van der Waals surface area contributed by atoms with Gasteiger partial charge in [-0.05, 0) is 29.8 Å². The highest BCUT2D eigenvalue weighted by Gasteiger charge is 2.16. The Hall–Kier alpha value is -2.84. The standard InChI is InChI=1S/C16H10FNO3/c17-11-5-10(9-19)6-12(7-11)20-16-13-3-1-2-4-14(13)21-15(16)8-18/h1-7,19H,9H2. The molecule has 104 valence electrons. The van der Waals surface area contributed by atoms with Gasteiger partial charge in [0.25, 0.3) is 0 Å². The summed E-state index contributed by atoms with van der Waals surface area (Å²) in [7, 11) is 0. The van der Waals surface area contributed by atoms with Crippen LogP contribution in [-0.4, -0.2) is 5.11 Å². The third-order valence-electron chi connectivity index (χ3n) is 2.99. The molecule has 0 fully saturated rings. The molecular weight excluding hydrogens is 273 g/mol. The van der Waals surface area contributed by atoms with Crippen LogP contribution in [0.2, 0.25) is 0 Å². The molecule has 0 bridgehead atoms. The van der Waals surface area contributed by atoms with Gasteiger partial charge in [0.05, 0.1) is 12.0 Å². The molecule has 0 amide bonds. The second kappa shape index (κ2) is 5.27. The van der Waals surface area contributed by atoms with Crippen LogP contribution >= 0.6 is 0 Å². The van der Waals surface area contributed by atoms with Crippen molar-refractivity contribution in [2.75, 3.05) is 0 Å². The van der Waals surface area contributed by atoms with Crippen LogP contribution in [-0.2, 0) is 6.61 Å². The zero-order valence-corrected chi connectivity index (χ0v) is 10.8. The van der Waals surface area contributed by atoms with Gasteiger partial charge in [-0.1, -0.05) is 12.1 Å². The van der Waals surface area contributed by atoms with Crippen LogP contribution in [0.15, 0.2) is 46.9 Å². The first kappa shape index (κ1) is 13.2. The number of para-hydroxylation sites is 1. The summed E-state index contributed by atoms with van der Waals surface area (Å²) in [6, 6.07) is 12.9. The first-order valence-corrected chi connectivity index (χ1v) is 6.21. The smallest absolute Gasteiger partial charge is 0.247 e. The molecule has 2 aromatic carbocycles. The Morgan fingerprint density at radius 3 is 2.81 bits per heavy atom. The van der Waals surface area contributed by atoms with Gasteiger partial charge in [-0.2, -0.15) is 5.26 Å². The molecule has 0 atom stereocenters. The number of halogens is 1. The molecule has 21 heavy (non-hydrogen) atoms. The number of hydrogen-bond donors (Lipinski definition) is 1. The van der Waals surface area contributed by atoms with E-state index in [4.69, 9.17) is 19.5 Å². The van der Waals surface area contributed by atoms with E-state index in [1.54, 1.807) is 24.3 Å². The zero-order valence-electron chi connectivity index (χ0n) is 10.8. The molecule has 3 rings (SSSR count). The number of rotatable bonds is 3. The second-order valence-electron chi connectivity index (χ2n) is 4.42. The molecule has 3 aromatic rings. The summed E-state index contributed by atoms with van der Waals surface area (Å²) in [5, 5.41) is 18.8. The van der Waals surface area contributed by atoms with Crippen molar-refractivity contribution in [3.05, 3.63) is 59.6 Å². The van der Waals surface area contributed by atoms with Gasteiger partial charge in [0.2, 0.25) is 5.76 Å². The van der Waals surface area contributed by atoms with Crippen LogP contribution in [0, 0.1) is 17.1 Å². The Balaban J connectivity index is 2.09. The SMILES string of the molecule is N#Cc1oc2ccccc2c1Oc1cc(F)cc(CO)c1. The third-order valence-corrected chi connectivity index (χ3v) is 2.99. The Labute approximate surface area is 119 Å². The van der Waals surface area contributed by atoms with Crippen molar-refractivity contribution < 1.29 is 18.7 Å². The number of fused-ring (bicyclic) bond motifs is 1. The molecule has 0 aliphatic carbocycles. The molecule has 1 heterocycles. The van der Waals surface area contributed by atoms with Crippen LogP contribution in [0.3, 0.4) is 0 Å². The van der Waals surface area contributed by atoms with E-state index in [1.807, 2.05) is 6.07 Å². The summed E-state index contributed by atoms with van der Waals surface area (Å²) in [4.78, 5) is 0. The Morgan fingerprint density at radius 2 is 2.05 bits per heavy atom. The minimum Gasteiger partial charge on any atom is -0.452 e. The maximum absolute atomic E-state index is 13.5. The van der Waals surface area contributed by atoms with E-state index in [2.05, 4.69) is 0 Å². The Kier molecular flexibility index (Phi) is 3.30. The van der Waals surface area contributed by atoms with Gasteiger partial charge in [-0.15, -0.1) is 0 Å². The zero-order chi connectivity index (χ0) is 14.8. The van der Waals surface area contributed by atoms with Gasteiger partial charge in [0, 0.05) is 6.07 Å². The van der Waals surface area contributed by atoms with Crippen molar-refractivity contribution in [1.29, 1.82) is 5.26 Å². The average molecular weight is 283 g/mol. The molecule has 4 nitrogen and oxygen atoms in total. The highest BCUT2D eigenvalue weighted by atomic mass is 19.1.